The number of piperazine rings is 1. The van der Waals surface area contributed by atoms with Crippen molar-refractivity contribution in [3.63, 3.8) is 0 Å². The van der Waals surface area contributed by atoms with E-state index >= 15 is 0 Å². The Hall–Kier alpha value is -2.93. The Morgan fingerprint density at radius 2 is 1.74 bits per heavy atom. The van der Waals surface area contributed by atoms with Gasteiger partial charge in [0.1, 0.15) is 11.5 Å². The smallest absolute Gasteiger partial charge is 0.248 e. The number of nitrogens with zero attached hydrogens (tertiary/aromatic N) is 2. The van der Waals surface area contributed by atoms with Gasteiger partial charge < -0.3 is 19.5 Å². The fraction of sp³-hybridized carbons (Fsp3) is 0.200. The maximum Gasteiger partial charge on any atom is 0.248 e. The Morgan fingerprint density at radius 3 is 2.44 bits per heavy atom. The molecule has 1 aromatic heterocycles. The van der Waals surface area contributed by atoms with Crippen molar-refractivity contribution in [2.24, 2.45) is 0 Å². The summed E-state index contributed by atoms with van der Waals surface area (Å²) in [5, 5.41) is 4.18. The number of anilines is 2. The van der Waals surface area contributed by atoms with Crippen LogP contribution >= 0.6 is 34.8 Å². The number of rotatable bonds is 5. The van der Waals surface area contributed by atoms with Crippen molar-refractivity contribution in [2.75, 3.05) is 36.4 Å². The molecule has 0 saturated carbocycles. The zero-order chi connectivity index (χ0) is 24.2. The SMILES string of the molecule is CC(=O)N1CCN(c2ccc(NC(=O)/C=C/c3ccc(-c4cccc(Cl)c4Cl)o3)cc2Cl)CC1. The van der Waals surface area contributed by atoms with Crippen LogP contribution < -0.4 is 10.2 Å². The lowest BCUT2D eigenvalue weighted by molar-refractivity contribution is -0.129. The second-order valence-corrected chi connectivity index (χ2v) is 8.98. The largest absolute Gasteiger partial charge is 0.457 e. The first-order valence-corrected chi connectivity index (χ1v) is 11.8. The van der Waals surface area contributed by atoms with Gasteiger partial charge in [0, 0.05) is 50.4 Å². The molecule has 0 radical (unpaired) electrons. The van der Waals surface area contributed by atoms with Crippen molar-refractivity contribution in [3.8, 4) is 11.3 Å². The van der Waals surface area contributed by atoms with Gasteiger partial charge in [0.05, 0.1) is 20.8 Å². The minimum absolute atomic E-state index is 0.0795. The summed E-state index contributed by atoms with van der Waals surface area (Å²) in [6, 6.07) is 14.2. The average Bonchev–Trinajstić information content (AvgIpc) is 3.28. The van der Waals surface area contributed by atoms with Crippen molar-refractivity contribution in [2.45, 2.75) is 6.92 Å². The van der Waals surface area contributed by atoms with Gasteiger partial charge in [0.15, 0.2) is 0 Å². The summed E-state index contributed by atoms with van der Waals surface area (Å²) in [6.07, 6.45) is 2.95. The number of halogens is 3. The number of nitrogens with one attached hydrogen (secondary N) is 1. The van der Waals surface area contributed by atoms with E-state index in [1.54, 1.807) is 49.4 Å². The molecule has 0 atom stereocenters. The van der Waals surface area contributed by atoms with Crippen molar-refractivity contribution < 1.29 is 14.0 Å². The Labute approximate surface area is 212 Å². The predicted molar refractivity (Wildman–Crippen MR) is 138 cm³/mol. The van der Waals surface area contributed by atoms with E-state index in [1.807, 2.05) is 17.0 Å². The second kappa shape index (κ2) is 10.6. The molecule has 1 saturated heterocycles. The second-order valence-electron chi connectivity index (χ2n) is 7.79. The van der Waals surface area contributed by atoms with E-state index in [-0.39, 0.29) is 11.8 Å². The lowest BCUT2D eigenvalue weighted by Gasteiger charge is -2.36. The number of furan rings is 1. The minimum atomic E-state index is -0.322. The molecule has 0 aliphatic carbocycles. The molecule has 2 heterocycles. The van der Waals surface area contributed by atoms with E-state index in [4.69, 9.17) is 39.2 Å². The topological polar surface area (TPSA) is 65.8 Å². The molecule has 3 aromatic rings. The van der Waals surface area contributed by atoms with Crippen LogP contribution in [0.5, 0.6) is 0 Å². The van der Waals surface area contributed by atoms with Crippen LogP contribution in [0.1, 0.15) is 12.7 Å². The Bertz CT molecular complexity index is 1250. The maximum absolute atomic E-state index is 12.4. The van der Waals surface area contributed by atoms with Gasteiger partial charge in [-0.05, 0) is 48.5 Å². The van der Waals surface area contributed by atoms with Crippen molar-refractivity contribution in [3.05, 3.63) is 75.4 Å². The van der Waals surface area contributed by atoms with Crippen molar-refractivity contribution >= 4 is 64.1 Å². The number of benzene rings is 2. The monoisotopic (exact) mass is 517 g/mol. The highest BCUT2D eigenvalue weighted by molar-refractivity contribution is 6.43. The van der Waals surface area contributed by atoms with Crippen LogP contribution in [0, 0.1) is 0 Å². The standard InChI is InChI=1S/C25H22Cl3N3O3/c1-16(32)30-11-13-31(14-12-30)22-8-5-17(15-21(22)27)29-24(33)10-7-18-6-9-23(34-18)19-3-2-4-20(26)25(19)28/h2-10,15H,11-14H2,1H3,(H,29,33)/b10-7+. The number of carbonyl (C=O) groups excluding carboxylic acids is 2. The van der Waals surface area contributed by atoms with Crippen LogP contribution in [0.3, 0.4) is 0 Å². The molecule has 1 aliphatic rings. The normalized spacial score (nSPS) is 14.0. The summed E-state index contributed by atoms with van der Waals surface area (Å²) in [4.78, 5) is 27.9. The summed E-state index contributed by atoms with van der Waals surface area (Å²) in [7, 11) is 0. The molecule has 1 N–H and O–H groups in total. The van der Waals surface area contributed by atoms with Crippen LogP contribution in [0.2, 0.25) is 15.1 Å². The van der Waals surface area contributed by atoms with E-state index in [0.717, 1.165) is 5.69 Å². The first kappa shape index (κ1) is 24.2. The molecule has 34 heavy (non-hydrogen) atoms. The van der Waals surface area contributed by atoms with Gasteiger partial charge in [-0.15, -0.1) is 0 Å². The summed E-state index contributed by atoms with van der Waals surface area (Å²) in [5.41, 5.74) is 2.13. The summed E-state index contributed by atoms with van der Waals surface area (Å²) >= 11 is 18.8. The summed E-state index contributed by atoms with van der Waals surface area (Å²) in [6.45, 7) is 4.31. The fourth-order valence-corrected chi connectivity index (χ4v) is 4.42. The lowest BCUT2D eigenvalue weighted by atomic mass is 10.2. The highest BCUT2D eigenvalue weighted by Crippen LogP contribution is 2.34. The van der Waals surface area contributed by atoms with Crippen molar-refractivity contribution in [1.29, 1.82) is 0 Å². The molecule has 0 spiro atoms. The third-order valence-corrected chi connectivity index (χ3v) is 6.65. The van der Waals surface area contributed by atoms with Gasteiger partial charge in [-0.2, -0.15) is 0 Å². The van der Waals surface area contributed by atoms with Gasteiger partial charge in [-0.1, -0.05) is 40.9 Å². The maximum atomic E-state index is 12.4. The van der Waals surface area contributed by atoms with Gasteiger partial charge in [-0.3, -0.25) is 9.59 Å². The van der Waals surface area contributed by atoms with Gasteiger partial charge >= 0.3 is 0 Å². The Kier molecular flexibility index (Phi) is 7.51. The average molecular weight is 519 g/mol. The summed E-state index contributed by atoms with van der Waals surface area (Å²) < 4.78 is 5.77. The number of amides is 2. The lowest BCUT2D eigenvalue weighted by Crippen LogP contribution is -2.48. The molecule has 6 nitrogen and oxygen atoms in total. The third kappa shape index (κ3) is 5.58. The van der Waals surface area contributed by atoms with E-state index in [9.17, 15) is 9.59 Å². The molecule has 176 valence electrons. The van der Waals surface area contributed by atoms with E-state index in [2.05, 4.69) is 10.2 Å². The van der Waals surface area contributed by atoms with Crippen LogP contribution in [0.15, 0.2) is 59.0 Å². The molecule has 0 unspecified atom stereocenters. The zero-order valence-electron chi connectivity index (χ0n) is 18.4. The Morgan fingerprint density at radius 1 is 0.971 bits per heavy atom. The number of carbonyl (C=O) groups is 2. The first-order valence-electron chi connectivity index (χ1n) is 10.6. The molecule has 1 fully saturated rings. The van der Waals surface area contributed by atoms with Gasteiger partial charge in [0.25, 0.3) is 0 Å². The fourth-order valence-electron chi connectivity index (χ4n) is 3.73. The third-order valence-electron chi connectivity index (χ3n) is 5.52. The minimum Gasteiger partial charge on any atom is -0.457 e. The van der Waals surface area contributed by atoms with E-state index in [0.29, 0.717) is 64.0 Å². The van der Waals surface area contributed by atoms with E-state index in [1.165, 1.54) is 6.08 Å². The number of hydrogen-bond donors (Lipinski definition) is 1. The molecule has 1 aliphatic heterocycles. The highest BCUT2D eigenvalue weighted by Gasteiger charge is 2.20. The van der Waals surface area contributed by atoms with Crippen LogP contribution in [0.4, 0.5) is 11.4 Å². The van der Waals surface area contributed by atoms with Gasteiger partial charge in [0.2, 0.25) is 11.8 Å². The molecule has 0 bridgehead atoms. The van der Waals surface area contributed by atoms with Gasteiger partial charge in [-0.25, -0.2) is 0 Å². The molecule has 2 aromatic carbocycles. The zero-order valence-corrected chi connectivity index (χ0v) is 20.6. The van der Waals surface area contributed by atoms with Crippen LogP contribution in [-0.4, -0.2) is 42.9 Å². The predicted octanol–water partition coefficient (Wildman–Crippen LogP) is 6.23. The Balaban J connectivity index is 1.37. The van der Waals surface area contributed by atoms with Crippen molar-refractivity contribution in [1.82, 2.24) is 4.90 Å². The molecular formula is C25H22Cl3N3O3. The number of hydrogen-bond acceptors (Lipinski definition) is 4. The molecule has 2 amide bonds. The molecular weight excluding hydrogens is 497 g/mol. The highest BCUT2D eigenvalue weighted by atomic mass is 35.5. The summed E-state index contributed by atoms with van der Waals surface area (Å²) in [5.74, 6) is 0.812. The molecule has 9 heteroatoms. The van der Waals surface area contributed by atoms with Crippen LogP contribution in [-0.2, 0) is 9.59 Å². The van der Waals surface area contributed by atoms with Crippen LogP contribution in [0.25, 0.3) is 17.4 Å². The van der Waals surface area contributed by atoms with E-state index < -0.39 is 0 Å². The molecule has 4 rings (SSSR count). The first-order chi connectivity index (χ1) is 16.3. The quantitative estimate of drug-likeness (QED) is 0.407.